The van der Waals surface area contributed by atoms with Gasteiger partial charge in [0.25, 0.3) is 11.8 Å². The molecule has 2 aromatic heterocycles. The van der Waals surface area contributed by atoms with Gasteiger partial charge >= 0.3 is 0 Å². The number of rotatable bonds is 8. The van der Waals surface area contributed by atoms with Gasteiger partial charge in [0, 0.05) is 31.0 Å². The van der Waals surface area contributed by atoms with E-state index in [4.69, 9.17) is 0 Å². The van der Waals surface area contributed by atoms with Gasteiger partial charge in [-0.1, -0.05) is 50.2 Å². The molecule has 2 aromatic carbocycles. The average Bonchev–Trinajstić information content (AvgIpc) is 3.50. The molecule has 0 atom stereocenters. The van der Waals surface area contributed by atoms with Gasteiger partial charge in [-0.2, -0.15) is 0 Å². The molecule has 168 valence electrons. The van der Waals surface area contributed by atoms with Crippen LogP contribution in [0, 0.1) is 0 Å². The molecule has 7 heteroatoms. The number of thiophene rings is 1. The van der Waals surface area contributed by atoms with Gasteiger partial charge in [0.1, 0.15) is 5.00 Å². The summed E-state index contributed by atoms with van der Waals surface area (Å²) in [6, 6.07) is 17.3. The Bertz CT molecular complexity index is 1230. The van der Waals surface area contributed by atoms with Gasteiger partial charge in [-0.25, -0.2) is 4.98 Å². The quantitative estimate of drug-likeness (QED) is 0.376. The van der Waals surface area contributed by atoms with E-state index in [1.807, 2.05) is 59.3 Å². The highest BCUT2D eigenvalue weighted by atomic mass is 32.1. The molecule has 0 saturated heterocycles. The van der Waals surface area contributed by atoms with Gasteiger partial charge in [0.05, 0.1) is 11.9 Å². The van der Waals surface area contributed by atoms with Crippen LogP contribution in [0.3, 0.4) is 0 Å². The molecule has 0 fully saturated rings. The van der Waals surface area contributed by atoms with Crippen molar-refractivity contribution in [3.63, 3.8) is 0 Å². The molecule has 0 unspecified atom stereocenters. The van der Waals surface area contributed by atoms with Crippen molar-refractivity contribution in [1.29, 1.82) is 0 Å². The first kappa shape index (κ1) is 22.5. The summed E-state index contributed by atoms with van der Waals surface area (Å²) in [5.41, 5.74) is 4.34. The minimum atomic E-state index is -0.229. The Kier molecular flexibility index (Phi) is 7.00. The maximum Gasteiger partial charge on any atom is 0.256 e. The third-order valence-electron chi connectivity index (χ3n) is 5.45. The molecule has 2 heterocycles. The SMILES string of the molecule is CC(C)c1ccc(C(=O)Nc2sccc2C(=O)NCc2ccccc2Cn2ccnc2)cc1. The molecule has 0 aliphatic carbocycles. The van der Waals surface area contributed by atoms with E-state index in [0.717, 1.165) is 11.1 Å². The van der Waals surface area contributed by atoms with E-state index in [9.17, 15) is 9.59 Å². The van der Waals surface area contributed by atoms with E-state index in [1.54, 1.807) is 24.0 Å². The Morgan fingerprint density at radius 3 is 2.45 bits per heavy atom. The second-order valence-corrected chi connectivity index (χ2v) is 9.00. The van der Waals surface area contributed by atoms with Crippen molar-refractivity contribution in [3.8, 4) is 0 Å². The highest BCUT2D eigenvalue weighted by Crippen LogP contribution is 2.24. The van der Waals surface area contributed by atoms with E-state index >= 15 is 0 Å². The molecule has 6 nitrogen and oxygen atoms in total. The molecule has 0 spiro atoms. The summed E-state index contributed by atoms with van der Waals surface area (Å²) in [5.74, 6) is -0.0496. The Labute approximate surface area is 197 Å². The molecule has 2 amide bonds. The summed E-state index contributed by atoms with van der Waals surface area (Å²) in [4.78, 5) is 29.7. The number of hydrogen-bond acceptors (Lipinski definition) is 4. The van der Waals surface area contributed by atoms with Crippen LogP contribution >= 0.6 is 11.3 Å². The van der Waals surface area contributed by atoms with Crippen molar-refractivity contribution in [1.82, 2.24) is 14.9 Å². The molecular weight excluding hydrogens is 432 g/mol. The Morgan fingerprint density at radius 1 is 1.00 bits per heavy atom. The summed E-state index contributed by atoms with van der Waals surface area (Å²) in [5, 5.41) is 8.21. The summed E-state index contributed by atoms with van der Waals surface area (Å²) >= 11 is 1.33. The largest absolute Gasteiger partial charge is 0.348 e. The summed E-state index contributed by atoms with van der Waals surface area (Å²) < 4.78 is 1.99. The average molecular weight is 459 g/mol. The van der Waals surface area contributed by atoms with Crippen LogP contribution in [-0.4, -0.2) is 21.4 Å². The lowest BCUT2D eigenvalue weighted by Crippen LogP contribution is -2.24. The number of amides is 2. The number of carbonyl (C=O) groups excluding carboxylic acids is 2. The van der Waals surface area contributed by atoms with Crippen molar-refractivity contribution in [2.75, 3.05) is 5.32 Å². The van der Waals surface area contributed by atoms with Gasteiger partial charge < -0.3 is 15.2 Å². The van der Waals surface area contributed by atoms with E-state index in [2.05, 4.69) is 29.5 Å². The third-order valence-corrected chi connectivity index (χ3v) is 6.28. The highest BCUT2D eigenvalue weighted by molar-refractivity contribution is 7.14. The molecular formula is C26H26N4O2S. The summed E-state index contributed by atoms with van der Waals surface area (Å²) in [7, 11) is 0. The Morgan fingerprint density at radius 2 is 1.76 bits per heavy atom. The Balaban J connectivity index is 1.41. The van der Waals surface area contributed by atoms with Crippen molar-refractivity contribution in [3.05, 3.63) is 107 Å². The van der Waals surface area contributed by atoms with Crippen LogP contribution in [0.1, 0.15) is 57.2 Å². The lowest BCUT2D eigenvalue weighted by atomic mass is 10.0. The van der Waals surface area contributed by atoms with Gasteiger partial charge in [0.15, 0.2) is 0 Å². The monoisotopic (exact) mass is 458 g/mol. The fourth-order valence-corrected chi connectivity index (χ4v) is 4.29. The molecule has 4 rings (SSSR count). The molecule has 0 radical (unpaired) electrons. The molecule has 4 aromatic rings. The number of nitrogens with zero attached hydrogens (tertiary/aromatic N) is 2. The minimum absolute atomic E-state index is 0.223. The van der Waals surface area contributed by atoms with E-state index < -0.39 is 0 Å². The van der Waals surface area contributed by atoms with Crippen molar-refractivity contribution >= 4 is 28.2 Å². The van der Waals surface area contributed by atoms with Crippen LogP contribution in [0.5, 0.6) is 0 Å². The lowest BCUT2D eigenvalue weighted by Gasteiger charge is -2.12. The van der Waals surface area contributed by atoms with Crippen molar-refractivity contribution in [2.45, 2.75) is 32.9 Å². The van der Waals surface area contributed by atoms with Gasteiger partial charge in [0.2, 0.25) is 0 Å². The van der Waals surface area contributed by atoms with Crippen molar-refractivity contribution < 1.29 is 9.59 Å². The second-order valence-electron chi connectivity index (χ2n) is 8.08. The first-order valence-electron chi connectivity index (χ1n) is 10.8. The standard InChI is InChI=1S/C26H26N4O2S/c1-18(2)19-7-9-20(10-8-19)24(31)29-26-23(11-14-33-26)25(32)28-15-21-5-3-4-6-22(21)16-30-13-12-27-17-30/h3-14,17-18H,15-16H2,1-2H3,(H,28,32)(H,29,31). The van der Waals surface area contributed by atoms with Crippen LogP contribution in [-0.2, 0) is 13.1 Å². The smallest absolute Gasteiger partial charge is 0.256 e. The first-order valence-corrected chi connectivity index (χ1v) is 11.7. The third kappa shape index (κ3) is 5.56. The number of imidazole rings is 1. The fraction of sp³-hybridized carbons (Fsp3) is 0.192. The molecule has 2 N–H and O–H groups in total. The van der Waals surface area contributed by atoms with Crippen LogP contribution in [0.4, 0.5) is 5.00 Å². The maximum absolute atomic E-state index is 12.9. The van der Waals surface area contributed by atoms with E-state index in [0.29, 0.717) is 35.1 Å². The first-order chi connectivity index (χ1) is 16.0. The predicted molar refractivity (Wildman–Crippen MR) is 132 cm³/mol. The molecule has 0 bridgehead atoms. The molecule has 0 aliphatic rings. The number of anilines is 1. The normalized spacial score (nSPS) is 10.9. The topological polar surface area (TPSA) is 76.0 Å². The molecule has 33 heavy (non-hydrogen) atoms. The zero-order valence-electron chi connectivity index (χ0n) is 18.6. The molecule has 0 aliphatic heterocycles. The van der Waals surface area contributed by atoms with Gasteiger partial charge in [-0.15, -0.1) is 11.3 Å². The minimum Gasteiger partial charge on any atom is -0.348 e. The zero-order valence-corrected chi connectivity index (χ0v) is 19.4. The summed E-state index contributed by atoms with van der Waals surface area (Å²) in [6.07, 6.45) is 5.42. The second kappa shape index (κ2) is 10.3. The summed E-state index contributed by atoms with van der Waals surface area (Å²) in [6.45, 7) is 5.30. The molecule has 0 saturated carbocycles. The fourth-order valence-electron chi connectivity index (χ4n) is 3.51. The van der Waals surface area contributed by atoms with Crippen LogP contribution in [0.15, 0.2) is 78.7 Å². The maximum atomic E-state index is 12.9. The van der Waals surface area contributed by atoms with Crippen molar-refractivity contribution in [2.24, 2.45) is 0 Å². The zero-order chi connectivity index (χ0) is 23.2. The van der Waals surface area contributed by atoms with Crippen LogP contribution in [0.25, 0.3) is 0 Å². The van der Waals surface area contributed by atoms with Gasteiger partial charge in [-0.3, -0.25) is 9.59 Å². The number of nitrogens with one attached hydrogen (secondary N) is 2. The lowest BCUT2D eigenvalue weighted by molar-refractivity contribution is 0.0952. The van der Waals surface area contributed by atoms with Gasteiger partial charge in [-0.05, 0) is 46.2 Å². The van der Waals surface area contributed by atoms with Crippen LogP contribution in [0.2, 0.25) is 0 Å². The number of aromatic nitrogens is 2. The number of hydrogen-bond donors (Lipinski definition) is 2. The van der Waals surface area contributed by atoms with Crippen LogP contribution < -0.4 is 10.6 Å². The van der Waals surface area contributed by atoms with E-state index in [-0.39, 0.29) is 11.8 Å². The highest BCUT2D eigenvalue weighted by Gasteiger charge is 2.16. The van der Waals surface area contributed by atoms with E-state index in [1.165, 1.54) is 16.9 Å². The number of carbonyl (C=O) groups is 2. The predicted octanol–water partition coefficient (Wildman–Crippen LogP) is 5.30. The number of benzene rings is 2. The Hall–Kier alpha value is -3.71.